The minimum atomic E-state index is -0.397. The molecule has 2 aromatic rings. The van der Waals surface area contributed by atoms with Crippen molar-refractivity contribution in [3.8, 4) is 0 Å². The highest BCUT2D eigenvalue weighted by molar-refractivity contribution is 9.25. The third-order valence-corrected chi connectivity index (χ3v) is 4.70. The molecule has 6 heteroatoms. The molecular weight excluding hydrogens is 471 g/mol. The molecular formula is C16H14Br2Cl2OS. The molecule has 0 saturated carbocycles. The Morgan fingerprint density at radius 3 is 1.91 bits per heavy atom. The molecule has 0 amide bonds. The monoisotopic (exact) mass is 482 g/mol. The summed E-state index contributed by atoms with van der Waals surface area (Å²) in [6, 6.07) is 17.1. The predicted octanol–water partition coefficient (Wildman–Crippen LogP) is 6.87. The molecule has 0 bridgehead atoms. The van der Waals surface area contributed by atoms with Gasteiger partial charge >= 0.3 is 0 Å². The molecule has 0 saturated heterocycles. The Morgan fingerprint density at radius 2 is 1.55 bits per heavy atom. The Bertz CT molecular complexity index is 574. The number of Topliss-reactive ketones (excluding diaryl/α,β-unsaturated/α-hetero) is 1. The van der Waals surface area contributed by atoms with E-state index in [0.29, 0.717) is 0 Å². The van der Waals surface area contributed by atoms with Crippen molar-refractivity contribution in [3.05, 3.63) is 65.7 Å². The molecule has 0 spiro atoms. The average molecular weight is 485 g/mol. The van der Waals surface area contributed by atoms with Crippen LogP contribution in [0.15, 0.2) is 59.5 Å². The van der Waals surface area contributed by atoms with E-state index < -0.39 is 4.84 Å². The quantitative estimate of drug-likeness (QED) is 0.267. The van der Waals surface area contributed by atoms with Crippen LogP contribution in [0, 0.1) is 0 Å². The zero-order valence-corrected chi connectivity index (χ0v) is 17.2. The summed E-state index contributed by atoms with van der Waals surface area (Å²) in [7, 11) is 0. The number of carbonyl (C=O) groups excluding carboxylic acids is 1. The third kappa shape index (κ3) is 7.05. The first-order valence-corrected chi connectivity index (χ1v) is 10.2. The topological polar surface area (TPSA) is 17.1 Å². The largest absolute Gasteiger partial charge is 0.292 e. The van der Waals surface area contributed by atoms with Crippen molar-refractivity contribution >= 4 is 72.6 Å². The molecule has 0 unspecified atom stereocenters. The highest BCUT2D eigenvalue weighted by atomic mass is 79.9. The second-order valence-corrected chi connectivity index (χ2v) is 9.14. The lowest BCUT2D eigenvalue weighted by atomic mass is 10.2. The maximum Gasteiger partial charge on any atom is 0.187 e. The highest BCUT2D eigenvalue weighted by Gasteiger charge is 2.12. The summed E-state index contributed by atoms with van der Waals surface area (Å²) < 4.78 is -0.292. The molecule has 0 N–H and O–H groups in total. The van der Waals surface area contributed by atoms with Crippen LogP contribution in [-0.4, -0.2) is 15.8 Å². The molecule has 2 aromatic carbocycles. The van der Waals surface area contributed by atoms with Crippen molar-refractivity contribution in [1.82, 2.24) is 0 Å². The standard InChI is InChI=1S/C9H8Br2OS.C7H6Cl2/c1-13-7-4-2-6(3-5-7)8(12)9(10)11;8-7(9)6-4-2-1-3-5-6/h2-5,9H,1H3;1-5,7H. The van der Waals surface area contributed by atoms with Gasteiger partial charge in [-0.25, -0.2) is 0 Å². The van der Waals surface area contributed by atoms with E-state index in [1.165, 1.54) is 0 Å². The SMILES string of the molecule is CSc1ccc(C(=O)C(Br)Br)cc1.ClC(Cl)c1ccccc1. The molecule has 0 aliphatic rings. The maximum atomic E-state index is 11.4. The number of halogens is 4. The number of rotatable bonds is 4. The number of ketones is 1. The van der Waals surface area contributed by atoms with Gasteiger partial charge in [-0.1, -0.05) is 74.3 Å². The van der Waals surface area contributed by atoms with Crippen LogP contribution < -0.4 is 0 Å². The average Bonchev–Trinajstić information content (AvgIpc) is 2.55. The molecule has 0 aliphatic heterocycles. The molecule has 0 fully saturated rings. The van der Waals surface area contributed by atoms with Crippen molar-refractivity contribution in [1.29, 1.82) is 0 Å². The lowest BCUT2D eigenvalue weighted by Gasteiger charge is -2.02. The Hall–Kier alpha value is -0.000000000000000111. The zero-order valence-electron chi connectivity index (χ0n) is 11.7. The van der Waals surface area contributed by atoms with E-state index in [0.717, 1.165) is 16.0 Å². The minimum absolute atomic E-state index is 0.0488. The van der Waals surface area contributed by atoms with Gasteiger partial charge in [0, 0.05) is 10.5 Å². The lowest BCUT2D eigenvalue weighted by molar-refractivity contribution is 0.101. The second-order valence-electron chi connectivity index (χ2n) is 4.10. The first-order valence-electron chi connectivity index (χ1n) is 6.25. The molecule has 0 aliphatic carbocycles. The van der Waals surface area contributed by atoms with Crippen molar-refractivity contribution in [2.24, 2.45) is 0 Å². The number of alkyl halides is 4. The van der Waals surface area contributed by atoms with Gasteiger partial charge in [-0.15, -0.1) is 35.0 Å². The Morgan fingerprint density at radius 1 is 1.00 bits per heavy atom. The van der Waals surface area contributed by atoms with Gasteiger partial charge in [0.05, 0.1) is 0 Å². The Balaban J connectivity index is 0.000000235. The van der Waals surface area contributed by atoms with E-state index in [2.05, 4.69) is 31.9 Å². The van der Waals surface area contributed by atoms with Crippen LogP contribution in [0.25, 0.3) is 0 Å². The summed E-state index contributed by atoms with van der Waals surface area (Å²) in [5.74, 6) is 0.0488. The number of benzene rings is 2. The van der Waals surface area contributed by atoms with Gasteiger partial charge in [0.1, 0.15) is 8.57 Å². The van der Waals surface area contributed by atoms with Crippen LogP contribution in [0.4, 0.5) is 0 Å². The molecule has 0 atom stereocenters. The van der Waals surface area contributed by atoms with Crippen molar-refractivity contribution in [2.45, 2.75) is 13.5 Å². The third-order valence-electron chi connectivity index (χ3n) is 2.62. The molecule has 22 heavy (non-hydrogen) atoms. The molecule has 0 radical (unpaired) electrons. The van der Waals surface area contributed by atoms with Crippen LogP contribution in [-0.2, 0) is 0 Å². The summed E-state index contributed by atoms with van der Waals surface area (Å²) in [6.45, 7) is 0. The fourth-order valence-corrected chi connectivity index (χ4v) is 2.71. The Labute approximate surface area is 162 Å². The smallest absolute Gasteiger partial charge is 0.187 e. The van der Waals surface area contributed by atoms with Crippen LogP contribution in [0.1, 0.15) is 20.8 Å². The van der Waals surface area contributed by atoms with E-state index in [4.69, 9.17) is 23.2 Å². The van der Waals surface area contributed by atoms with Gasteiger partial charge in [0.2, 0.25) is 0 Å². The van der Waals surface area contributed by atoms with Crippen molar-refractivity contribution in [3.63, 3.8) is 0 Å². The van der Waals surface area contributed by atoms with Crippen LogP contribution in [0.2, 0.25) is 0 Å². The molecule has 0 aromatic heterocycles. The first-order chi connectivity index (χ1) is 10.5. The fourth-order valence-electron chi connectivity index (χ4n) is 1.48. The van der Waals surface area contributed by atoms with Crippen LogP contribution in [0.3, 0.4) is 0 Å². The van der Waals surface area contributed by atoms with Crippen molar-refractivity contribution < 1.29 is 4.79 Å². The minimum Gasteiger partial charge on any atom is -0.292 e. The summed E-state index contributed by atoms with van der Waals surface area (Å²) in [5, 5.41) is 0. The van der Waals surface area contributed by atoms with Gasteiger partial charge in [0.15, 0.2) is 5.78 Å². The second kappa shape index (κ2) is 10.7. The van der Waals surface area contributed by atoms with Crippen molar-refractivity contribution in [2.75, 3.05) is 6.26 Å². The summed E-state index contributed by atoms with van der Waals surface area (Å²) in [5.41, 5.74) is 1.66. The summed E-state index contributed by atoms with van der Waals surface area (Å²) in [4.78, 5) is 12.2. The van der Waals surface area contributed by atoms with Gasteiger partial charge in [-0.2, -0.15) is 0 Å². The predicted molar refractivity (Wildman–Crippen MR) is 105 cm³/mol. The van der Waals surface area contributed by atoms with Gasteiger partial charge in [-0.3, -0.25) is 4.79 Å². The molecule has 1 nitrogen and oxygen atoms in total. The van der Waals surface area contributed by atoms with Gasteiger partial charge < -0.3 is 0 Å². The number of thioether (sulfide) groups is 1. The number of hydrogen-bond acceptors (Lipinski definition) is 2. The van der Waals surface area contributed by atoms with E-state index in [-0.39, 0.29) is 9.52 Å². The highest BCUT2D eigenvalue weighted by Crippen LogP contribution is 2.23. The van der Waals surface area contributed by atoms with Crippen LogP contribution in [0.5, 0.6) is 0 Å². The molecule has 118 valence electrons. The van der Waals surface area contributed by atoms with E-state index in [1.807, 2.05) is 60.9 Å². The summed E-state index contributed by atoms with van der Waals surface area (Å²) in [6.07, 6.45) is 2.01. The zero-order chi connectivity index (χ0) is 16.5. The normalized spacial score (nSPS) is 10.3. The molecule has 0 heterocycles. The van der Waals surface area contributed by atoms with Crippen LogP contribution >= 0.6 is 66.8 Å². The molecule has 2 rings (SSSR count). The van der Waals surface area contributed by atoms with Gasteiger partial charge in [-0.05, 0) is 24.0 Å². The summed E-state index contributed by atoms with van der Waals surface area (Å²) >= 11 is 19.1. The first kappa shape index (κ1) is 20.0. The maximum absolute atomic E-state index is 11.4. The van der Waals surface area contributed by atoms with E-state index >= 15 is 0 Å². The fraction of sp³-hybridized carbons (Fsp3) is 0.188. The number of hydrogen-bond donors (Lipinski definition) is 0. The van der Waals surface area contributed by atoms with E-state index in [9.17, 15) is 4.79 Å². The van der Waals surface area contributed by atoms with Gasteiger partial charge in [0.25, 0.3) is 0 Å². The number of carbonyl (C=O) groups is 1. The Kier molecular flexibility index (Phi) is 9.76. The lowest BCUT2D eigenvalue weighted by Crippen LogP contribution is -2.06. The van der Waals surface area contributed by atoms with E-state index in [1.54, 1.807) is 11.8 Å².